The predicted molar refractivity (Wildman–Crippen MR) is 109 cm³/mol. The number of hydrogen-bond acceptors (Lipinski definition) is 6. The zero-order chi connectivity index (χ0) is 21.5. The van der Waals surface area contributed by atoms with E-state index < -0.39 is 16.2 Å². The second-order valence-corrected chi connectivity index (χ2v) is 11.1. The molecule has 1 aromatic carbocycles. The van der Waals surface area contributed by atoms with E-state index in [2.05, 4.69) is 6.92 Å². The number of methoxy groups -OCH3 is 1. The van der Waals surface area contributed by atoms with E-state index >= 15 is 0 Å². The van der Waals surface area contributed by atoms with Gasteiger partial charge in [0.2, 0.25) is 5.91 Å². The molecule has 0 aliphatic heterocycles. The van der Waals surface area contributed by atoms with Crippen LogP contribution in [0.4, 0.5) is 0 Å². The van der Waals surface area contributed by atoms with E-state index in [0.29, 0.717) is 23.5 Å². The number of benzene rings is 1. The van der Waals surface area contributed by atoms with Crippen LogP contribution in [0.3, 0.4) is 0 Å². The Kier molecular flexibility index (Phi) is 4.26. The van der Waals surface area contributed by atoms with Gasteiger partial charge in [0.1, 0.15) is 0 Å². The first kappa shape index (κ1) is 20.1. The fourth-order valence-electron chi connectivity index (χ4n) is 7.34. The molecule has 4 unspecified atom stereocenters. The molecule has 3 saturated carbocycles. The normalized spacial score (nSPS) is 38.5. The summed E-state index contributed by atoms with van der Waals surface area (Å²) >= 11 is 0. The lowest BCUT2D eigenvalue weighted by atomic mass is 9.52. The van der Waals surface area contributed by atoms with Gasteiger partial charge in [-0.2, -0.15) is 8.42 Å². The summed E-state index contributed by atoms with van der Waals surface area (Å²) in [4.78, 5) is 11.1. The van der Waals surface area contributed by atoms with Gasteiger partial charge in [-0.3, -0.25) is 4.79 Å². The second kappa shape index (κ2) is 6.36. The van der Waals surface area contributed by atoms with Crippen molar-refractivity contribution < 1.29 is 27.2 Å². The molecule has 0 saturated heterocycles. The van der Waals surface area contributed by atoms with Gasteiger partial charge in [-0.15, -0.1) is 0 Å². The molecule has 0 radical (unpaired) electrons. The topological polar surface area (TPSA) is 102 Å². The summed E-state index contributed by atoms with van der Waals surface area (Å²) in [6.07, 6.45) is 5.89. The van der Waals surface area contributed by atoms with Gasteiger partial charge in [-0.1, -0.05) is 6.92 Å². The summed E-state index contributed by atoms with van der Waals surface area (Å²) in [6.45, 7) is 3.41. The Morgan fingerprint density at radius 3 is 2.73 bits per heavy atom. The van der Waals surface area contributed by atoms with Gasteiger partial charge in [-0.25, -0.2) is 4.72 Å². The summed E-state index contributed by atoms with van der Waals surface area (Å²) in [5.74, 6) is 1.32. The van der Waals surface area contributed by atoms with Gasteiger partial charge >= 0.3 is 10.3 Å². The van der Waals surface area contributed by atoms with E-state index in [0.717, 1.165) is 44.6 Å². The smallest absolute Gasteiger partial charge is 0.409 e. The highest BCUT2D eigenvalue weighted by molar-refractivity contribution is 7.85. The highest BCUT2D eigenvalue weighted by atomic mass is 32.2. The number of fused-ring (bicyclic) bond motifs is 3. The molecule has 8 heteroatoms. The summed E-state index contributed by atoms with van der Waals surface area (Å²) in [6, 6.07) is 3.68. The lowest BCUT2D eigenvalue weighted by molar-refractivity contribution is -0.117. The minimum Gasteiger partial charge on any atom is -0.493 e. The predicted octanol–water partition coefficient (Wildman–Crippen LogP) is 2.67. The quantitative estimate of drug-likeness (QED) is 0.754. The van der Waals surface area contributed by atoms with Gasteiger partial charge in [0.05, 0.1) is 13.2 Å². The van der Waals surface area contributed by atoms with Crippen LogP contribution in [0.1, 0.15) is 63.0 Å². The summed E-state index contributed by atoms with van der Waals surface area (Å²) < 4.78 is 36.6. The highest BCUT2D eigenvalue weighted by Crippen LogP contribution is 2.81. The number of hydrogen-bond donors (Lipinski definition) is 2. The molecule has 1 spiro atoms. The Balaban J connectivity index is 1.49. The van der Waals surface area contributed by atoms with Crippen molar-refractivity contribution in [2.45, 2.75) is 64.4 Å². The van der Waals surface area contributed by atoms with Crippen molar-refractivity contribution in [3.63, 3.8) is 0 Å². The van der Waals surface area contributed by atoms with Gasteiger partial charge in [0.25, 0.3) is 0 Å². The zero-order valence-electron chi connectivity index (χ0n) is 17.6. The standard InChI is InChI=1S/C22H29NO6S/c1-12(24)23-30(26,27)29-19-8-13-4-5-17-15(16(13)10-18(19)28-3)6-7-21(2)20(25)9-14-11-22(14,17)21/h8,10,14-15,17,20,25H,4-7,9,11H2,1-3H3,(H,23,24)/t14?,15?,17?,20-,21-,22?/m1/s1. The number of ether oxygens (including phenoxy) is 1. The van der Waals surface area contributed by atoms with Crippen LogP contribution in [0.15, 0.2) is 12.1 Å². The van der Waals surface area contributed by atoms with Crippen LogP contribution in [0.25, 0.3) is 0 Å². The van der Waals surface area contributed by atoms with Crippen molar-refractivity contribution in [2.75, 3.05) is 7.11 Å². The van der Waals surface area contributed by atoms with E-state index in [-0.39, 0.29) is 22.7 Å². The van der Waals surface area contributed by atoms with Crippen LogP contribution in [-0.2, 0) is 21.5 Å². The minimum atomic E-state index is -4.25. The number of rotatable bonds is 4. The molecule has 164 valence electrons. The van der Waals surface area contributed by atoms with Crippen LogP contribution in [0, 0.1) is 22.7 Å². The second-order valence-electron chi connectivity index (χ2n) is 9.80. The van der Waals surface area contributed by atoms with E-state index in [1.165, 1.54) is 19.1 Å². The molecule has 3 fully saturated rings. The molecule has 1 amide bonds. The zero-order valence-corrected chi connectivity index (χ0v) is 18.4. The largest absolute Gasteiger partial charge is 0.493 e. The Bertz CT molecular complexity index is 1020. The van der Waals surface area contributed by atoms with Crippen LogP contribution in [0.2, 0.25) is 0 Å². The van der Waals surface area contributed by atoms with Gasteiger partial charge in [0.15, 0.2) is 11.5 Å². The van der Waals surface area contributed by atoms with Crippen LogP contribution >= 0.6 is 0 Å². The Labute approximate surface area is 177 Å². The summed E-state index contributed by atoms with van der Waals surface area (Å²) in [5, 5.41) is 10.7. The van der Waals surface area contributed by atoms with Gasteiger partial charge < -0.3 is 14.0 Å². The molecule has 5 rings (SSSR count). The average Bonchev–Trinajstić information content (AvgIpc) is 3.31. The number of carbonyl (C=O) groups excluding carboxylic acids is 1. The molecule has 0 bridgehead atoms. The monoisotopic (exact) mass is 435 g/mol. The molecule has 0 aromatic heterocycles. The maximum Gasteiger partial charge on any atom is 0.409 e. The molecule has 30 heavy (non-hydrogen) atoms. The van der Waals surface area contributed by atoms with Crippen molar-refractivity contribution >= 4 is 16.2 Å². The number of amides is 1. The Hall–Kier alpha value is -1.80. The first-order chi connectivity index (χ1) is 14.1. The van der Waals surface area contributed by atoms with Crippen molar-refractivity contribution in [3.8, 4) is 11.5 Å². The van der Waals surface area contributed by atoms with Crippen molar-refractivity contribution in [2.24, 2.45) is 22.7 Å². The van der Waals surface area contributed by atoms with Crippen LogP contribution < -0.4 is 13.6 Å². The number of carbonyl (C=O) groups is 1. The molecular formula is C22H29NO6S. The number of aliphatic hydroxyl groups excluding tert-OH is 1. The fourth-order valence-corrected chi connectivity index (χ4v) is 8.10. The maximum absolute atomic E-state index is 12.1. The SMILES string of the molecule is COc1cc2c(cc1OS(=O)(=O)NC(C)=O)CCC1C2CC[C@]2(C)[C@H](O)CC3CC312. The summed E-state index contributed by atoms with van der Waals surface area (Å²) in [7, 11) is -2.77. The van der Waals surface area contributed by atoms with Crippen molar-refractivity contribution in [3.05, 3.63) is 23.3 Å². The van der Waals surface area contributed by atoms with E-state index in [4.69, 9.17) is 8.92 Å². The Morgan fingerprint density at radius 2 is 2.03 bits per heavy atom. The van der Waals surface area contributed by atoms with Crippen LogP contribution in [-0.4, -0.2) is 32.6 Å². The molecule has 2 N–H and O–H groups in total. The lowest BCUT2D eigenvalue weighted by Gasteiger charge is -2.52. The lowest BCUT2D eigenvalue weighted by Crippen LogP contribution is -2.47. The third-order valence-electron chi connectivity index (χ3n) is 8.60. The minimum absolute atomic E-state index is 0.0237. The molecule has 7 nitrogen and oxygen atoms in total. The third kappa shape index (κ3) is 2.65. The van der Waals surface area contributed by atoms with E-state index in [1.807, 2.05) is 10.8 Å². The van der Waals surface area contributed by atoms with E-state index in [1.54, 1.807) is 6.07 Å². The van der Waals surface area contributed by atoms with Crippen molar-refractivity contribution in [1.82, 2.24) is 4.72 Å². The molecule has 4 aliphatic carbocycles. The number of aliphatic hydroxyl groups is 1. The van der Waals surface area contributed by atoms with Crippen molar-refractivity contribution in [1.29, 1.82) is 0 Å². The highest BCUT2D eigenvalue weighted by Gasteiger charge is 2.76. The Morgan fingerprint density at radius 1 is 1.27 bits per heavy atom. The van der Waals surface area contributed by atoms with E-state index in [9.17, 15) is 18.3 Å². The first-order valence-electron chi connectivity index (χ1n) is 10.7. The van der Waals surface area contributed by atoms with Crippen LogP contribution in [0.5, 0.6) is 11.5 Å². The molecule has 6 atom stereocenters. The molecule has 1 aromatic rings. The molecule has 0 heterocycles. The summed E-state index contributed by atoms with van der Waals surface area (Å²) in [5.41, 5.74) is 2.58. The third-order valence-corrected chi connectivity index (χ3v) is 9.54. The molecule has 4 aliphatic rings. The van der Waals surface area contributed by atoms with Gasteiger partial charge in [-0.05, 0) is 90.4 Å². The fraction of sp³-hybridized carbons (Fsp3) is 0.682. The van der Waals surface area contributed by atoms with Gasteiger partial charge in [0, 0.05) is 6.92 Å². The number of aryl methyl sites for hydroxylation is 1. The first-order valence-corrected chi connectivity index (χ1v) is 12.1. The average molecular weight is 436 g/mol. The number of nitrogens with one attached hydrogen (secondary N) is 1. The maximum atomic E-state index is 12.1. The molecular weight excluding hydrogens is 406 g/mol.